The van der Waals surface area contributed by atoms with Gasteiger partial charge in [0.15, 0.2) is 0 Å². The summed E-state index contributed by atoms with van der Waals surface area (Å²) in [5.41, 5.74) is 8.35. The highest BCUT2D eigenvalue weighted by Gasteiger charge is 2.06. The van der Waals surface area contributed by atoms with Crippen LogP contribution < -0.4 is 11.1 Å². The van der Waals surface area contributed by atoms with Crippen LogP contribution in [0.25, 0.3) is 0 Å². The van der Waals surface area contributed by atoms with Gasteiger partial charge in [0.1, 0.15) is 6.17 Å². The van der Waals surface area contributed by atoms with Crippen molar-refractivity contribution in [3.63, 3.8) is 0 Å². The molecule has 0 aliphatic carbocycles. The van der Waals surface area contributed by atoms with Gasteiger partial charge in [-0.05, 0) is 61.1 Å². The maximum absolute atomic E-state index is 11.2. The Hall–Kier alpha value is -2.66. The number of pyridine rings is 1. The first kappa shape index (κ1) is 16.7. The lowest BCUT2D eigenvalue weighted by atomic mass is 10.1. The van der Waals surface area contributed by atoms with Crippen molar-refractivity contribution in [3.05, 3.63) is 72.2 Å². The normalized spacial score (nSPS) is 13.0. The van der Waals surface area contributed by atoms with E-state index in [1.807, 2.05) is 25.1 Å². The zero-order chi connectivity index (χ0) is 16.7. The largest absolute Gasteiger partial charge is 0.405 e. The molecule has 0 spiro atoms. The first-order chi connectivity index (χ1) is 11.1. The summed E-state index contributed by atoms with van der Waals surface area (Å²) in [5.74, 6) is 0. The fourth-order valence-corrected chi connectivity index (χ4v) is 2.16. The van der Waals surface area contributed by atoms with Crippen LogP contribution in [0.15, 0.2) is 66.1 Å². The third-order valence-electron chi connectivity index (χ3n) is 3.03. The van der Waals surface area contributed by atoms with Crippen LogP contribution in [0.5, 0.6) is 0 Å². The number of nitrogens with zero attached hydrogens (tertiary/aromatic N) is 2. The highest BCUT2D eigenvalue weighted by Crippen LogP contribution is 2.14. The molecule has 6 heteroatoms. The summed E-state index contributed by atoms with van der Waals surface area (Å²) < 4.78 is 0. The standard InChI is InChI=1S/C17H17ClN4O/c1-12(21-15-4-2-3-14(11-15)17(18)23)22-16(5-8-19)13-6-9-20-10-7-13/h2-12,21H,19H2,1H3/b8-5-,22-16+. The molecule has 0 amide bonds. The smallest absolute Gasteiger partial charge is 0.252 e. The van der Waals surface area contributed by atoms with Crippen LogP contribution in [0.1, 0.15) is 22.8 Å². The van der Waals surface area contributed by atoms with Gasteiger partial charge < -0.3 is 11.1 Å². The van der Waals surface area contributed by atoms with Crippen LogP contribution in [0.3, 0.4) is 0 Å². The molecular formula is C17H17ClN4O. The highest BCUT2D eigenvalue weighted by molar-refractivity contribution is 6.67. The molecule has 0 fully saturated rings. The lowest BCUT2D eigenvalue weighted by molar-refractivity contribution is 0.108. The number of aromatic nitrogens is 1. The molecular weight excluding hydrogens is 312 g/mol. The molecule has 5 nitrogen and oxygen atoms in total. The number of benzene rings is 1. The van der Waals surface area contributed by atoms with E-state index in [1.165, 1.54) is 6.20 Å². The summed E-state index contributed by atoms with van der Waals surface area (Å²) in [6.07, 6.45) is 6.34. The number of hydrogen-bond acceptors (Lipinski definition) is 5. The number of nitrogens with one attached hydrogen (secondary N) is 1. The number of allylic oxidation sites excluding steroid dienone is 1. The molecule has 1 heterocycles. The predicted octanol–water partition coefficient (Wildman–Crippen LogP) is 3.18. The molecule has 1 aromatic heterocycles. The lowest BCUT2D eigenvalue weighted by Crippen LogP contribution is -2.15. The van der Waals surface area contributed by atoms with Crippen molar-refractivity contribution in [2.24, 2.45) is 10.7 Å². The molecule has 0 radical (unpaired) electrons. The third kappa shape index (κ3) is 4.93. The van der Waals surface area contributed by atoms with E-state index >= 15 is 0 Å². The molecule has 1 atom stereocenters. The number of aliphatic imine (C=N–C) groups is 1. The Labute approximate surface area is 139 Å². The van der Waals surface area contributed by atoms with Gasteiger partial charge in [-0.15, -0.1) is 0 Å². The van der Waals surface area contributed by atoms with E-state index in [9.17, 15) is 4.79 Å². The van der Waals surface area contributed by atoms with Crippen LogP contribution in [-0.4, -0.2) is 22.1 Å². The van der Waals surface area contributed by atoms with Crippen molar-refractivity contribution in [3.8, 4) is 0 Å². The molecule has 0 saturated heterocycles. The Balaban J connectivity index is 2.20. The maximum Gasteiger partial charge on any atom is 0.252 e. The van der Waals surface area contributed by atoms with Crippen molar-refractivity contribution in [2.75, 3.05) is 5.32 Å². The molecule has 2 aromatic rings. The van der Waals surface area contributed by atoms with Gasteiger partial charge in [0.2, 0.25) is 0 Å². The number of carbonyl (C=O) groups excluding carboxylic acids is 1. The van der Waals surface area contributed by atoms with E-state index in [0.29, 0.717) is 5.56 Å². The minimum absolute atomic E-state index is 0.227. The summed E-state index contributed by atoms with van der Waals surface area (Å²) in [5, 5.41) is 2.71. The molecule has 0 aliphatic heterocycles. The van der Waals surface area contributed by atoms with Crippen molar-refractivity contribution < 1.29 is 4.79 Å². The molecule has 118 valence electrons. The molecule has 23 heavy (non-hydrogen) atoms. The lowest BCUT2D eigenvalue weighted by Gasteiger charge is -2.13. The summed E-state index contributed by atoms with van der Waals surface area (Å²) in [6, 6.07) is 10.7. The predicted molar refractivity (Wildman–Crippen MR) is 93.8 cm³/mol. The summed E-state index contributed by atoms with van der Waals surface area (Å²) >= 11 is 5.49. The van der Waals surface area contributed by atoms with Crippen LogP contribution in [0, 0.1) is 0 Å². The Morgan fingerprint density at radius 3 is 2.70 bits per heavy atom. The number of nitrogens with two attached hydrogens (primary N) is 1. The fraction of sp³-hybridized carbons (Fsp3) is 0.118. The zero-order valence-electron chi connectivity index (χ0n) is 12.6. The average Bonchev–Trinajstić information content (AvgIpc) is 2.55. The maximum atomic E-state index is 11.2. The van der Waals surface area contributed by atoms with Gasteiger partial charge in [0, 0.05) is 29.2 Å². The van der Waals surface area contributed by atoms with Crippen LogP contribution in [0.4, 0.5) is 5.69 Å². The molecule has 3 N–H and O–H groups in total. The zero-order valence-corrected chi connectivity index (χ0v) is 13.4. The van der Waals surface area contributed by atoms with Crippen LogP contribution in [0.2, 0.25) is 0 Å². The SMILES string of the molecule is CC(/N=C(\C=C/N)c1ccncc1)Nc1cccc(C(=O)Cl)c1. The Morgan fingerprint density at radius 1 is 1.30 bits per heavy atom. The summed E-state index contributed by atoms with van der Waals surface area (Å²) in [4.78, 5) is 19.8. The topological polar surface area (TPSA) is 80.4 Å². The molecule has 0 aliphatic rings. The Bertz CT molecular complexity index is 728. The van der Waals surface area contributed by atoms with Crippen molar-refractivity contribution >= 4 is 28.2 Å². The quantitative estimate of drug-likeness (QED) is 0.630. The van der Waals surface area contributed by atoms with E-state index in [2.05, 4.69) is 15.3 Å². The molecule has 2 rings (SSSR count). The van der Waals surface area contributed by atoms with Crippen molar-refractivity contribution in [2.45, 2.75) is 13.1 Å². The number of anilines is 1. The Kier molecular flexibility index (Phi) is 5.88. The van der Waals surface area contributed by atoms with E-state index < -0.39 is 5.24 Å². The second-order valence-electron chi connectivity index (χ2n) is 4.78. The minimum Gasteiger partial charge on any atom is -0.405 e. The van der Waals surface area contributed by atoms with E-state index in [4.69, 9.17) is 17.3 Å². The van der Waals surface area contributed by atoms with E-state index in [1.54, 1.807) is 36.7 Å². The molecule has 0 bridgehead atoms. The van der Waals surface area contributed by atoms with Crippen molar-refractivity contribution in [1.82, 2.24) is 4.98 Å². The average molecular weight is 329 g/mol. The van der Waals surface area contributed by atoms with Gasteiger partial charge in [-0.3, -0.25) is 14.8 Å². The minimum atomic E-state index is -0.492. The molecule has 0 saturated carbocycles. The molecule has 1 unspecified atom stereocenters. The summed E-state index contributed by atoms with van der Waals surface area (Å²) in [7, 11) is 0. The highest BCUT2D eigenvalue weighted by atomic mass is 35.5. The van der Waals surface area contributed by atoms with Gasteiger partial charge in [-0.1, -0.05) is 6.07 Å². The number of halogens is 1. The number of rotatable bonds is 6. The van der Waals surface area contributed by atoms with E-state index in [0.717, 1.165) is 17.0 Å². The first-order valence-corrected chi connectivity index (χ1v) is 7.41. The fourth-order valence-electron chi connectivity index (χ4n) is 2.04. The van der Waals surface area contributed by atoms with Crippen LogP contribution >= 0.6 is 11.6 Å². The summed E-state index contributed by atoms with van der Waals surface area (Å²) in [6.45, 7) is 1.90. The van der Waals surface area contributed by atoms with Gasteiger partial charge in [-0.25, -0.2) is 0 Å². The van der Waals surface area contributed by atoms with Gasteiger partial charge in [-0.2, -0.15) is 0 Å². The Morgan fingerprint density at radius 2 is 2.04 bits per heavy atom. The first-order valence-electron chi connectivity index (χ1n) is 7.03. The third-order valence-corrected chi connectivity index (χ3v) is 3.25. The monoisotopic (exact) mass is 328 g/mol. The second kappa shape index (κ2) is 8.10. The van der Waals surface area contributed by atoms with Gasteiger partial charge in [0.05, 0.1) is 5.71 Å². The second-order valence-corrected chi connectivity index (χ2v) is 5.13. The number of hydrogen-bond donors (Lipinski definition) is 2. The van der Waals surface area contributed by atoms with Crippen molar-refractivity contribution in [1.29, 1.82) is 0 Å². The molecule has 1 aromatic carbocycles. The van der Waals surface area contributed by atoms with Gasteiger partial charge in [0.25, 0.3) is 5.24 Å². The van der Waals surface area contributed by atoms with Crippen LogP contribution in [-0.2, 0) is 0 Å². The van der Waals surface area contributed by atoms with Gasteiger partial charge >= 0.3 is 0 Å². The van der Waals surface area contributed by atoms with E-state index in [-0.39, 0.29) is 6.17 Å². The number of carbonyl (C=O) groups is 1.